The zero-order valence-corrected chi connectivity index (χ0v) is 21.8. The lowest BCUT2D eigenvalue weighted by atomic mass is 9.98. The number of nitrogens with zero attached hydrogens (tertiary/aromatic N) is 2. The third-order valence-electron chi connectivity index (χ3n) is 6.25. The van der Waals surface area contributed by atoms with Crippen molar-refractivity contribution in [1.29, 1.82) is 5.26 Å². The second kappa shape index (κ2) is 11.2. The molecule has 0 radical (unpaired) electrons. The van der Waals surface area contributed by atoms with E-state index in [1.165, 1.54) is 24.3 Å². The van der Waals surface area contributed by atoms with Gasteiger partial charge < -0.3 is 10.4 Å². The van der Waals surface area contributed by atoms with Crippen LogP contribution in [0.25, 0.3) is 22.0 Å². The van der Waals surface area contributed by atoms with E-state index in [2.05, 4.69) is 21.6 Å². The second-order valence-corrected chi connectivity index (χ2v) is 10.0. The molecule has 0 aliphatic carbocycles. The number of alkyl halides is 3. The van der Waals surface area contributed by atoms with Gasteiger partial charge in [0, 0.05) is 16.8 Å². The van der Waals surface area contributed by atoms with Gasteiger partial charge in [-0.1, -0.05) is 36.0 Å². The minimum absolute atomic E-state index is 0.119. The summed E-state index contributed by atoms with van der Waals surface area (Å²) in [6.07, 6.45) is -4.46. The zero-order valence-electron chi connectivity index (χ0n) is 21.0. The Hall–Kier alpha value is -5.08. The highest BCUT2D eigenvalue weighted by Crippen LogP contribution is 2.37. The number of carbonyl (C=O) groups excluding carboxylic acids is 1. The molecule has 1 aromatic heterocycles. The molecule has 0 saturated carbocycles. The first-order chi connectivity index (χ1) is 19.6. The van der Waals surface area contributed by atoms with Crippen LogP contribution >= 0.6 is 11.8 Å². The average Bonchev–Trinajstić information content (AvgIpc) is 3.38. The van der Waals surface area contributed by atoms with Gasteiger partial charge in [-0.2, -0.15) is 23.5 Å². The zero-order chi connectivity index (χ0) is 29.1. The van der Waals surface area contributed by atoms with E-state index in [9.17, 15) is 28.0 Å². The van der Waals surface area contributed by atoms with Crippen molar-refractivity contribution in [3.63, 3.8) is 0 Å². The summed E-state index contributed by atoms with van der Waals surface area (Å²) < 4.78 is 39.0. The van der Waals surface area contributed by atoms with Crippen LogP contribution in [0.5, 0.6) is 0 Å². The van der Waals surface area contributed by atoms with Crippen LogP contribution in [-0.4, -0.2) is 27.2 Å². The summed E-state index contributed by atoms with van der Waals surface area (Å²) in [5, 5.41) is 29.4. The lowest BCUT2D eigenvalue weighted by molar-refractivity contribution is -0.137. The monoisotopic (exact) mass is 572 g/mol. The minimum Gasteiger partial charge on any atom is -0.478 e. The number of amides is 1. The number of hydrogen-bond acceptors (Lipinski definition) is 5. The number of fused-ring (bicyclic) bond motifs is 1. The Kier molecular flexibility index (Phi) is 7.50. The number of nitrogens with one attached hydrogen (secondary N) is 2. The Labute approximate surface area is 235 Å². The SMILES string of the molecule is N#Cc1cccc(-c2cc(C(=O)NCc3ccc(C(=O)O)cc3)c3c(Sc4ccc(C(F)(F)F)cc4)n[nH]c3c2)c1. The molecule has 1 amide bonds. The summed E-state index contributed by atoms with van der Waals surface area (Å²) in [4.78, 5) is 25.2. The molecule has 0 atom stereocenters. The molecule has 5 aromatic rings. The van der Waals surface area contributed by atoms with E-state index in [1.54, 1.807) is 42.5 Å². The summed E-state index contributed by atoms with van der Waals surface area (Å²) in [5.41, 5.74) is 2.63. The second-order valence-electron chi connectivity index (χ2n) is 8.98. The summed E-state index contributed by atoms with van der Waals surface area (Å²) in [6, 6.07) is 23.2. The van der Waals surface area contributed by atoms with Gasteiger partial charge in [-0.3, -0.25) is 9.89 Å². The average molecular weight is 573 g/mol. The van der Waals surface area contributed by atoms with Crippen molar-refractivity contribution < 1.29 is 27.9 Å². The van der Waals surface area contributed by atoms with E-state index in [-0.39, 0.29) is 17.7 Å². The highest BCUT2D eigenvalue weighted by atomic mass is 32.2. The lowest BCUT2D eigenvalue weighted by Crippen LogP contribution is -2.23. The topological polar surface area (TPSA) is 119 Å². The standard InChI is InChI=1S/C30H19F3N4O3S/c31-30(32,33)22-8-10-23(11-9-22)41-28-26-24(27(38)35-16-17-4-6-19(7-5-17)29(39)40)13-21(14-25(26)36-37-28)20-3-1-2-18(12-20)15-34/h1-14H,16H2,(H,35,38)(H,36,37)(H,39,40). The van der Waals surface area contributed by atoms with E-state index in [1.807, 2.05) is 6.07 Å². The van der Waals surface area contributed by atoms with E-state index in [4.69, 9.17) is 5.11 Å². The molecule has 0 aliphatic heterocycles. The Morgan fingerprint density at radius 3 is 2.37 bits per heavy atom. The van der Waals surface area contributed by atoms with E-state index in [0.717, 1.165) is 23.9 Å². The maximum absolute atomic E-state index is 13.5. The predicted octanol–water partition coefficient (Wildman–Crippen LogP) is 6.90. The van der Waals surface area contributed by atoms with E-state index < -0.39 is 23.6 Å². The minimum atomic E-state index is -4.46. The Balaban J connectivity index is 1.52. The Bertz CT molecular complexity index is 1810. The number of rotatable bonds is 7. The van der Waals surface area contributed by atoms with Crippen LogP contribution in [-0.2, 0) is 12.7 Å². The van der Waals surface area contributed by atoms with Crippen LogP contribution in [0.4, 0.5) is 13.2 Å². The fraction of sp³-hybridized carbons (Fsp3) is 0.0667. The number of halogens is 3. The molecule has 0 bridgehead atoms. The van der Waals surface area contributed by atoms with Crippen molar-refractivity contribution in [2.75, 3.05) is 0 Å². The lowest BCUT2D eigenvalue weighted by Gasteiger charge is -2.11. The quantitative estimate of drug-likeness (QED) is 0.195. The van der Waals surface area contributed by atoms with Crippen LogP contribution in [0, 0.1) is 11.3 Å². The number of benzene rings is 4. The molecular weight excluding hydrogens is 553 g/mol. The van der Waals surface area contributed by atoms with Crippen molar-refractivity contribution in [2.45, 2.75) is 22.6 Å². The maximum atomic E-state index is 13.5. The van der Waals surface area contributed by atoms with Crippen LogP contribution in [0.3, 0.4) is 0 Å². The molecule has 3 N–H and O–H groups in total. The highest BCUT2D eigenvalue weighted by Gasteiger charge is 2.30. The molecule has 0 fully saturated rings. The van der Waals surface area contributed by atoms with Gasteiger partial charge in [0.15, 0.2) is 0 Å². The molecule has 11 heteroatoms. The fourth-order valence-electron chi connectivity index (χ4n) is 4.18. The van der Waals surface area contributed by atoms with Crippen molar-refractivity contribution in [2.24, 2.45) is 0 Å². The largest absolute Gasteiger partial charge is 0.478 e. The van der Waals surface area contributed by atoms with E-state index >= 15 is 0 Å². The molecule has 0 spiro atoms. The van der Waals surface area contributed by atoms with Gasteiger partial charge in [-0.05, 0) is 77.4 Å². The van der Waals surface area contributed by atoms with E-state index in [0.29, 0.717) is 43.1 Å². The first kappa shape index (κ1) is 27.5. The molecule has 7 nitrogen and oxygen atoms in total. The van der Waals surface area contributed by atoms with Gasteiger partial charge in [0.1, 0.15) is 5.03 Å². The summed E-state index contributed by atoms with van der Waals surface area (Å²) in [7, 11) is 0. The maximum Gasteiger partial charge on any atom is 0.416 e. The third-order valence-corrected chi connectivity index (χ3v) is 7.25. The number of hydrogen-bond donors (Lipinski definition) is 3. The number of aromatic nitrogens is 2. The molecule has 0 saturated heterocycles. The van der Waals surface area contributed by atoms with Gasteiger partial charge in [0.25, 0.3) is 5.91 Å². The van der Waals surface area contributed by atoms with Crippen molar-refractivity contribution in [1.82, 2.24) is 15.5 Å². The normalized spacial score (nSPS) is 11.3. The molecule has 41 heavy (non-hydrogen) atoms. The van der Waals surface area contributed by atoms with Gasteiger partial charge in [-0.25, -0.2) is 4.79 Å². The van der Waals surface area contributed by atoms with Gasteiger partial charge in [0.2, 0.25) is 0 Å². The molecule has 0 unspecified atom stereocenters. The number of aromatic carboxylic acids is 1. The van der Waals surface area contributed by atoms with Crippen molar-refractivity contribution >= 4 is 34.5 Å². The number of H-pyrrole nitrogens is 1. The first-order valence-electron chi connectivity index (χ1n) is 12.1. The number of carbonyl (C=O) groups is 2. The van der Waals surface area contributed by atoms with Crippen molar-refractivity contribution in [3.05, 3.63) is 113 Å². The van der Waals surface area contributed by atoms with Gasteiger partial charge in [-0.15, -0.1) is 0 Å². The number of aromatic amines is 1. The van der Waals surface area contributed by atoms with Crippen LogP contribution < -0.4 is 5.32 Å². The smallest absolute Gasteiger partial charge is 0.416 e. The summed E-state index contributed by atoms with van der Waals surface area (Å²) in [6.45, 7) is 0.119. The summed E-state index contributed by atoms with van der Waals surface area (Å²) in [5.74, 6) is -1.50. The predicted molar refractivity (Wildman–Crippen MR) is 146 cm³/mol. The molecule has 5 rings (SSSR count). The number of nitriles is 1. The van der Waals surface area contributed by atoms with Crippen LogP contribution in [0.15, 0.2) is 94.9 Å². The molecular formula is C30H19F3N4O3S. The Morgan fingerprint density at radius 1 is 0.976 bits per heavy atom. The molecule has 4 aromatic carbocycles. The fourth-order valence-corrected chi connectivity index (χ4v) is 5.09. The van der Waals surface area contributed by atoms with Crippen LogP contribution in [0.2, 0.25) is 0 Å². The third kappa shape index (κ3) is 6.08. The summed E-state index contributed by atoms with van der Waals surface area (Å²) >= 11 is 1.11. The van der Waals surface area contributed by atoms with Crippen molar-refractivity contribution in [3.8, 4) is 17.2 Å². The van der Waals surface area contributed by atoms with Gasteiger partial charge in [0.05, 0.1) is 33.8 Å². The highest BCUT2D eigenvalue weighted by molar-refractivity contribution is 7.99. The van der Waals surface area contributed by atoms with Crippen LogP contribution in [0.1, 0.15) is 37.4 Å². The molecule has 1 heterocycles. The molecule has 0 aliphatic rings. The molecule has 204 valence electrons. The first-order valence-corrected chi connectivity index (χ1v) is 12.9. The number of carboxylic acid groups (broad SMARTS) is 1. The van der Waals surface area contributed by atoms with Gasteiger partial charge >= 0.3 is 12.1 Å². The Morgan fingerprint density at radius 2 is 1.71 bits per heavy atom. The number of carboxylic acids is 1.